The van der Waals surface area contributed by atoms with Crippen molar-refractivity contribution in [3.05, 3.63) is 0 Å². The van der Waals surface area contributed by atoms with Crippen molar-refractivity contribution in [1.29, 1.82) is 0 Å². The second-order valence-electron chi connectivity index (χ2n) is 4.98. The molecular formula is C11H17F3N2O4. The maximum absolute atomic E-state index is 12.2. The minimum absolute atomic E-state index is 0.165. The zero-order chi connectivity index (χ0) is 15.3. The summed E-state index contributed by atoms with van der Waals surface area (Å²) in [6.07, 6.45) is -4.24. The van der Waals surface area contributed by atoms with Gasteiger partial charge >= 0.3 is 18.1 Å². The largest absolute Gasteiger partial charge is 0.481 e. The second-order valence-corrected chi connectivity index (χ2v) is 4.98. The molecule has 0 bridgehead atoms. The number of hydrogen-bond acceptors (Lipinski definition) is 4. The molecule has 1 fully saturated rings. The van der Waals surface area contributed by atoms with Crippen LogP contribution in [0.2, 0.25) is 0 Å². The average molecular weight is 298 g/mol. The van der Waals surface area contributed by atoms with Crippen molar-refractivity contribution in [3.63, 3.8) is 0 Å². The Morgan fingerprint density at radius 1 is 1.20 bits per heavy atom. The summed E-state index contributed by atoms with van der Waals surface area (Å²) in [4.78, 5) is 22.8. The standard InChI is InChI=1S/C11H17F3N2O4/c12-11(13,14)6-15-8-1-7(2-9(17)18)3-16(4-8)5-10(19)20/h7-8,15H,1-6H2,(H,17,18)(H,19,20). The van der Waals surface area contributed by atoms with Gasteiger partial charge in [-0.1, -0.05) is 0 Å². The number of rotatable bonds is 6. The van der Waals surface area contributed by atoms with Gasteiger partial charge in [0.1, 0.15) is 0 Å². The minimum Gasteiger partial charge on any atom is -0.481 e. The van der Waals surface area contributed by atoms with E-state index in [1.165, 1.54) is 4.90 Å². The van der Waals surface area contributed by atoms with Crippen molar-refractivity contribution in [2.75, 3.05) is 26.2 Å². The Kier molecular flexibility index (Phi) is 5.75. The highest BCUT2D eigenvalue weighted by Crippen LogP contribution is 2.21. The lowest BCUT2D eigenvalue weighted by Crippen LogP contribution is -2.52. The van der Waals surface area contributed by atoms with E-state index in [1.54, 1.807) is 0 Å². The van der Waals surface area contributed by atoms with Crippen LogP contribution in [0.4, 0.5) is 13.2 Å². The van der Waals surface area contributed by atoms with E-state index in [0.29, 0.717) is 6.42 Å². The molecule has 1 rings (SSSR count). The Hall–Kier alpha value is -1.35. The van der Waals surface area contributed by atoms with Crippen LogP contribution in [0.5, 0.6) is 0 Å². The van der Waals surface area contributed by atoms with Gasteiger partial charge in [-0.25, -0.2) is 0 Å². The fraction of sp³-hybridized carbons (Fsp3) is 0.818. The van der Waals surface area contributed by atoms with E-state index in [9.17, 15) is 22.8 Å². The maximum atomic E-state index is 12.2. The van der Waals surface area contributed by atoms with Crippen LogP contribution in [-0.4, -0.2) is 65.4 Å². The molecule has 116 valence electrons. The molecule has 0 aromatic rings. The second kappa shape index (κ2) is 6.89. The highest BCUT2D eigenvalue weighted by molar-refractivity contribution is 5.69. The molecule has 0 aromatic carbocycles. The quantitative estimate of drug-likeness (QED) is 0.657. The monoisotopic (exact) mass is 298 g/mol. The third kappa shape index (κ3) is 6.71. The van der Waals surface area contributed by atoms with Crippen LogP contribution in [0.25, 0.3) is 0 Å². The van der Waals surface area contributed by atoms with E-state index in [0.717, 1.165) is 0 Å². The minimum atomic E-state index is -4.35. The Morgan fingerprint density at radius 2 is 1.85 bits per heavy atom. The van der Waals surface area contributed by atoms with Gasteiger partial charge in [0.15, 0.2) is 0 Å². The van der Waals surface area contributed by atoms with E-state index in [2.05, 4.69) is 5.32 Å². The van der Waals surface area contributed by atoms with Crippen LogP contribution in [0, 0.1) is 5.92 Å². The topological polar surface area (TPSA) is 89.9 Å². The molecule has 3 N–H and O–H groups in total. The predicted molar refractivity (Wildman–Crippen MR) is 62.3 cm³/mol. The number of piperidine rings is 1. The summed E-state index contributed by atoms with van der Waals surface area (Å²) in [6.45, 7) is -1.04. The first kappa shape index (κ1) is 16.7. The van der Waals surface area contributed by atoms with Crippen LogP contribution in [0.15, 0.2) is 0 Å². The van der Waals surface area contributed by atoms with Crippen LogP contribution in [0.3, 0.4) is 0 Å². The number of carboxylic acids is 2. The summed E-state index contributed by atoms with van der Waals surface area (Å²) >= 11 is 0. The van der Waals surface area contributed by atoms with Gasteiger partial charge in [-0.3, -0.25) is 14.5 Å². The summed E-state index contributed by atoms with van der Waals surface area (Å²) in [7, 11) is 0. The number of carboxylic acid groups (broad SMARTS) is 2. The van der Waals surface area contributed by atoms with Crippen LogP contribution in [0.1, 0.15) is 12.8 Å². The molecule has 0 radical (unpaired) electrons. The van der Waals surface area contributed by atoms with Gasteiger partial charge in [-0.05, 0) is 12.3 Å². The van der Waals surface area contributed by atoms with Gasteiger partial charge < -0.3 is 15.5 Å². The Bertz CT molecular complexity index is 338. The molecule has 1 saturated heterocycles. The molecule has 2 atom stereocenters. The van der Waals surface area contributed by atoms with Crippen molar-refractivity contribution in [3.8, 4) is 0 Å². The molecular weight excluding hydrogens is 281 g/mol. The smallest absolute Gasteiger partial charge is 0.401 e. The molecule has 1 aliphatic rings. The summed E-state index contributed by atoms with van der Waals surface area (Å²) in [5.41, 5.74) is 0. The number of nitrogens with zero attached hydrogens (tertiary/aromatic N) is 1. The lowest BCUT2D eigenvalue weighted by atomic mass is 9.91. The summed E-state index contributed by atoms with van der Waals surface area (Å²) in [6, 6.07) is -0.561. The highest BCUT2D eigenvalue weighted by Gasteiger charge is 2.33. The Balaban J connectivity index is 2.59. The molecule has 1 aliphatic heterocycles. The molecule has 0 saturated carbocycles. The number of nitrogens with one attached hydrogen (secondary N) is 1. The predicted octanol–water partition coefficient (Wildman–Crippen LogP) is 0.388. The summed E-state index contributed by atoms with van der Waals surface area (Å²) < 4.78 is 36.5. The first-order chi connectivity index (χ1) is 9.15. The average Bonchev–Trinajstić information content (AvgIpc) is 2.23. The van der Waals surface area contributed by atoms with Crippen LogP contribution < -0.4 is 5.32 Å². The lowest BCUT2D eigenvalue weighted by molar-refractivity contribution is -0.141. The van der Waals surface area contributed by atoms with Gasteiger partial charge in [0, 0.05) is 25.6 Å². The molecule has 0 aliphatic carbocycles. The van der Waals surface area contributed by atoms with Gasteiger partial charge in [-0.2, -0.15) is 13.2 Å². The molecule has 2 unspecified atom stereocenters. The molecule has 20 heavy (non-hydrogen) atoms. The number of hydrogen-bond donors (Lipinski definition) is 3. The Labute approximate surface area is 113 Å². The third-order valence-corrected chi connectivity index (χ3v) is 3.03. The highest BCUT2D eigenvalue weighted by atomic mass is 19.4. The van der Waals surface area contributed by atoms with E-state index < -0.39 is 30.7 Å². The van der Waals surface area contributed by atoms with Crippen molar-refractivity contribution < 1.29 is 33.0 Å². The number of aliphatic carboxylic acids is 2. The van der Waals surface area contributed by atoms with Crippen molar-refractivity contribution in [2.24, 2.45) is 5.92 Å². The lowest BCUT2D eigenvalue weighted by Gasteiger charge is -2.37. The van der Waals surface area contributed by atoms with Crippen molar-refractivity contribution >= 4 is 11.9 Å². The summed E-state index contributed by atoms with van der Waals surface area (Å²) in [5.74, 6) is -2.48. The number of likely N-dealkylation sites (tertiary alicyclic amines) is 1. The normalized spacial score (nSPS) is 24.6. The number of carbonyl (C=O) groups is 2. The zero-order valence-electron chi connectivity index (χ0n) is 10.7. The van der Waals surface area contributed by atoms with E-state index >= 15 is 0 Å². The SMILES string of the molecule is O=C(O)CC1CC(NCC(F)(F)F)CN(CC(=O)O)C1. The van der Waals surface area contributed by atoms with Gasteiger partial charge in [0.05, 0.1) is 13.1 Å². The van der Waals surface area contributed by atoms with Crippen molar-refractivity contribution in [1.82, 2.24) is 10.2 Å². The molecule has 1 heterocycles. The molecule has 0 aromatic heterocycles. The third-order valence-electron chi connectivity index (χ3n) is 3.03. The maximum Gasteiger partial charge on any atom is 0.401 e. The van der Waals surface area contributed by atoms with E-state index in [-0.39, 0.29) is 32.0 Å². The molecule has 6 nitrogen and oxygen atoms in total. The van der Waals surface area contributed by atoms with Crippen molar-refractivity contribution in [2.45, 2.75) is 25.1 Å². The fourth-order valence-electron chi connectivity index (χ4n) is 2.43. The summed E-state index contributed by atoms with van der Waals surface area (Å²) in [5, 5.41) is 19.8. The number of halogens is 3. The van der Waals surface area contributed by atoms with E-state index in [1.807, 2.05) is 0 Å². The Morgan fingerprint density at radius 3 is 2.35 bits per heavy atom. The van der Waals surface area contributed by atoms with Gasteiger partial charge in [-0.15, -0.1) is 0 Å². The fourth-order valence-corrected chi connectivity index (χ4v) is 2.43. The zero-order valence-corrected chi connectivity index (χ0v) is 10.7. The van der Waals surface area contributed by atoms with Crippen LogP contribution in [-0.2, 0) is 9.59 Å². The van der Waals surface area contributed by atoms with E-state index in [4.69, 9.17) is 10.2 Å². The first-order valence-corrected chi connectivity index (χ1v) is 6.12. The van der Waals surface area contributed by atoms with Crippen LogP contribution >= 0.6 is 0 Å². The molecule has 0 amide bonds. The number of alkyl halides is 3. The molecule has 9 heteroatoms. The van der Waals surface area contributed by atoms with Gasteiger partial charge in [0.2, 0.25) is 0 Å². The molecule has 0 spiro atoms. The first-order valence-electron chi connectivity index (χ1n) is 6.12. The van der Waals surface area contributed by atoms with Gasteiger partial charge in [0.25, 0.3) is 0 Å².